The zero-order chi connectivity index (χ0) is 18.0. The number of sulfonamides is 1. The minimum atomic E-state index is -3.62. The van der Waals surface area contributed by atoms with Gasteiger partial charge < -0.3 is 0 Å². The van der Waals surface area contributed by atoms with Crippen LogP contribution in [0.15, 0.2) is 29.2 Å². The molecule has 0 radical (unpaired) electrons. The molecule has 1 atom stereocenters. The number of carbonyl (C=O) groups excluding carboxylic acids is 2. The number of benzene rings is 1. The Morgan fingerprint density at radius 2 is 1.60 bits per heavy atom. The molecule has 25 heavy (non-hydrogen) atoms. The van der Waals surface area contributed by atoms with E-state index in [1.165, 1.54) is 24.3 Å². The second-order valence-corrected chi connectivity index (χ2v) is 8.33. The maximum atomic E-state index is 12.4. The molecule has 136 valence electrons. The summed E-state index contributed by atoms with van der Waals surface area (Å²) >= 11 is 0. The molecule has 2 aliphatic rings. The second kappa shape index (κ2) is 7.23. The highest BCUT2D eigenvalue weighted by atomic mass is 32.2. The fourth-order valence-corrected chi connectivity index (χ4v) is 4.39. The van der Waals surface area contributed by atoms with Crippen LogP contribution in [0, 0.1) is 0 Å². The van der Waals surface area contributed by atoms with Crippen molar-refractivity contribution < 1.29 is 18.0 Å². The van der Waals surface area contributed by atoms with Gasteiger partial charge in [-0.05, 0) is 57.1 Å². The van der Waals surface area contributed by atoms with Crippen molar-refractivity contribution in [1.29, 1.82) is 0 Å². The van der Waals surface area contributed by atoms with Gasteiger partial charge in [0.15, 0.2) is 0 Å². The molecule has 2 saturated heterocycles. The minimum absolute atomic E-state index is 0.129. The largest absolute Gasteiger partial charge is 0.299 e. The van der Waals surface area contributed by atoms with Crippen molar-refractivity contribution in [2.45, 2.75) is 43.5 Å². The Kier molecular flexibility index (Phi) is 5.21. The molecule has 1 unspecified atom stereocenters. The normalized spacial score (nSPS) is 20.4. The number of carbonyl (C=O) groups is 2. The van der Waals surface area contributed by atoms with Crippen LogP contribution in [0.2, 0.25) is 0 Å². The molecule has 7 nitrogen and oxygen atoms in total. The van der Waals surface area contributed by atoms with E-state index in [2.05, 4.69) is 9.62 Å². The third-order valence-electron chi connectivity index (χ3n) is 4.79. The fourth-order valence-electron chi connectivity index (χ4n) is 3.26. The highest BCUT2D eigenvalue weighted by Gasteiger charge is 2.30. The second-order valence-electron chi connectivity index (χ2n) is 6.56. The molecule has 0 saturated carbocycles. The van der Waals surface area contributed by atoms with E-state index >= 15 is 0 Å². The number of rotatable bonds is 6. The molecular weight excluding hydrogens is 342 g/mol. The van der Waals surface area contributed by atoms with E-state index in [0.29, 0.717) is 12.2 Å². The van der Waals surface area contributed by atoms with Crippen molar-refractivity contribution in [1.82, 2.24) is 9.62 Å². The number of imide groups is 1. The molecule has 2 aliphatic heterocycles. The first kappa shape index (κ1) is 18.0. The van der Waals surface area contributed by atoms with E-state index in [9.17, 15) is 18.0 Å². The molecule has 0 aromatic heterocycles. The molecule has 0 spiro atoms. The lowest BCUT2D eigenvalue weighted by Gasteiger charge is -2.23. The van der Waals surface area contributed by atoms with Gasteiger partial charge in [0.1, 0.15) is 0 Å². The van der Waals surface area contributed by atoms with Gasteiger partial charge in [0.05, 0.1) is 10.6 Å². The van der Waals surface area contributed by atoms with Gasteiger partial charge in [-0.1, -0.05) is 0 Å². The smallest absolute Gasteiger partial charge is 0.240 e. The molecule has 1 aromatic carbocycles. The summed E-state index contributed by atoms with van der Waals surface area (Å²) in [5.74, 6) is -0.503. The number of amides is 2. The summed E-state index contributed by atoms with van der Waals surface area (Å²) in [6.07, 6.45) is 2.72. The van der Waals surface area contributed by atoms with Gasteiger partial charge >= 0.3 is 0 Å². The van der Waals surface area contributed by atoms with Gasteiger partial charge in [0.2, 0.25) is 21.8 Å². The van der Waals surface area contributed by atoms with Gasteiger partial charge in [-0.25, -0.2) is 13.1 Å². The highest BCUT2D eigenvalue weighted by molar-refractivity contribution is 7.89. The molecule has 2 amide bonds. The number of hydrogen-bond acceptors (Lipinski definition) is 5. The van der Waals surface area contributed by atoms with E-state index < -0.39 is 10.0 Å². The van der Waals surface area contributed by atoms with Crippen LogP contribution in [0.1, 0.15) is 32.6 Å². The Balaban J connectivity index is 1.66. The Hall–Kier alpha value is -1.77. The molecule has 2 fully saturated rings. The van der Waals surface area contributed by atoms with Gasteiger partial charge in [-0.3, -0.25) is 19.4 Å². The molecule has 0 aliphatic carbocycles. The van der Waals surface area contributed by atoms with Crippen LogP contribution in [-0.2, 0) is 19.6 Å². The van der Waals surface area contributed by atoms with E-state index in [-0.39, 0.29) is 35.6 Å². The molecule has 8 heteroatoms. The molecular formula is C17H23N3O4S. The van der Waals surface area contributed by atoms with Gasteiger partial charge in [0, 0.05) is 25.4 Å². The number of likely N-dealkylation sites (tertiary alicyclic amines) is 1. The van der Waals surface area contributed by atoms with Crippen molar-refractivity contribution in [3.05, 3.63) is 24.3 Å². The summed E-state index contributed by atoms with van der Waals surface area (Å²) in [5.41, 5.74) is 0.414. The number of nitrogens with zero attached hydrogens (tertiary/aromatic N) is 2. The lowest BCUT2D eigenvalue weighted by Crippen LogP contribution is -2.40. The molecule has 1 N–H and O–H groups in total. The summed E-state index contributed by atoms with van der Waals surface area (Å²) in [5, 5.41) is 0. The van der Waals surface area contributed by atoms with E-state index in [0.717, 1.165) is 30.8 Å². The summed E-state index contributed by atoms with van der Waals surface area (Å²) in [6, 6.07) is 6.00. The van der Waals surface area contributed by atoms with Crippen LogP contribution in [0.3, 0.4) is 0 Å². The predicted octanol–water partition coefficient (Wildman–Crippen LogP) is 1.10. The summed E-state index contributed by atoms with van der Waals surface area (Å²) in [6.45, 7) is 4.39. The molecule has 3 rings (SSSR count). The van der Waals surface area contributed by atoms with E-state index in [1.54, 1.807) is 0 Å². The Morgan fingerprint density at radius 1 is 1.04 bits per heavy atom. The molecule has 1 aromatic rings. The van der Waals surface area contributed by atoms with Gasteiger partial charge in [-0.2, -0.15) is 0 Å². The average molecular weight is 365 g/mol. The molecule has 0 bridgehead atoms. The summed E-state index contributed by atoms with van der Waals surface area (Å²) in [4.78, 5) is 27.0. The lowest BCUT2D eigenvalue weighted by atomic mass is 10.3. The third kappa shape index (κ3) is 3.91. The average Bonchev–Trinajstić information content (AvgIpc) is 3.23. The van der Waals surface area contributed by atoms with Crippen LogP contribution in [-0.4, -0.2) is 50.8 Å². The van der Waals surface area contributed by atoms with Crippen LogP contribution < -0.4 is 9.62 Å². The minimum Gasteiger partial charge on any atom is -0.299 e. The van der Waals surface area contributed by atoms with Crippen molar-refractivity contribution in [2.75, 3.05) is 24.5 Å². The van der Waals surface area contributed by atoms with Crippen LogP contribution in [0.5, 0.6) is 0 Å². The first-order valence-corrected chi connectivity index (χ1v) is 10.1. The van der Waals surface area contributed by atoms with Gasteiger partial charge in [0.25, 0.3) is 0 Å². The monoisotopic (exact) mass is 365 g/mol. The van der Waals surface area contributed by atoms with Crippen molar-refractivity contribution in [3.63, 3.8) is 0 Å². The van der Waals surface area contributed by atoms with Crippen molar-refractivity contribution >= 4 is 27.5 Å². The van der Waals surface area contributed by atoms with Gasteiger partial charge in [-0.15, -0.1) is 0 Å². The maximum absolute atomic E-state index is 12.4. The zero-order valence-electron chi connectivity index (χ0n) is 14.3. The summed E-state index contributed by atoms with van der Waals surface area (Å²) in [7, 11) is -3.62. The number of anilines is 1. The quantitative estimate of drug-likeness (QED) is 0.763. The van der Waals surface area contributed by atoms with Crippen molar-refractivity contribution in [2.24, 2.45) is 0 Å². The number of hydrogen-bond donors (Lipinski definition) is 1. The fraction of sp³-hybridized carbons (Fsp3) is 0.529. The Labute approximate surface area is 148 Å². The van der Waals surface area contributed by atoms with Crippen LogP contribution >= 0.6 is 0 Å². The number of nitrogens with one attached hydrogen (secondary N) is 1. The van der Waals surface area contributed by atoms with Crippen molar-refractivity contribution in [3.8, 4) is 0 Å². The zero-order valence-corrected chi connectivity index (χ0v) is 15.1. The SMILES string of the molecule is CC(CNS(=O)(=O)c1ccc(N2C(=O)CCC2=O)cc1)N1CCCC1. The highest BCUT2D eigenvalue weighted by Crippen LogP contribution is 2.24. The standard InChI is InChI=1S/C17H23N3O4S/c1-13(19-10-2-3-11-19)12-18-25(23,24)15-6-4-14(5-7-15)20-16(21)8-9-17(20)22/h4-7,13,18H,2-3,8-12H2,1H3. The van der Waals surface area contributed by atoms with E-state index in [1.807, 2.05) is 6.92 Å². The third-order valence-corrected chi connectivity index (χ3v) is 6.23. The first-order chi connectivity index (χ1) is 11.9. The van der Waals surface area contributed by atoms with Crippen LogP contribution in [0.25, 0.3) is 0 Å². The predicted molar refractivity (Wildman–Crippen MR) is 93.6 cm³/mol. The summed E-state index contributed by atoms with van der Waals surface area (Å²) < 4.78 is 27.5. The maximum Gasteiger partial charge on any atom is 0.240 e. The Morgan fingerprint density at radius 3 is 2.16 bits per heavy atom. The van der Waals surface area contributed by atoms with Crippen LogP contribution in [0.4, 0.5) is 5.69 Å². The lowest BCUT2D eigenvalue weighted by molar-refractivity contribution is -0.121. The topological polar surface area (TPSA) is 86.8 Å². The molecule has 2 heterocycles. The first-order valence-electron chi connectivity index (χ1n) is 8.58. The van der Waals surface area contributed by atoms with E-state index in [4.69, 9.17) is 0 Å². The Bertz CT molecular complexity index is 739.